The summed E-state index contributed by atoms with van der Waals surface area (Å²) in [7, 11) is 0. The van der Waals surface area contributed by atoms with E-state index >= 15 is 0 Å². The van der Waals surface area contributed by atoms with Crippen molar-refractivity contribution in [1.82, 2.24) is 10.6 Å². The van der Waals surface area contributed by atoms with E-state index in [2.05, 4.69) is 10.6 Å². The summed E-state index contributed by atoms with van der Waals surface area (Å²) in [5.74, 6) is -2.07. The lowest BCUT2D eigenvalue weighted by Gasteiger charge is -2.28. The molecule has 6 nitrogen and oxygen atoms in total. The lowest BCUT2D eigenvalue weighted by atomic mass is 9.81. The molecule has 1 aliphatic rings. The quantitative estimate of drug-likeness (QED) is 0.729. The first kappa shape index (κ1) is 17.5. The zero-order valence-electron chi connectivity index (χ0n) is 13.2. The Hall–Kier alpha value is -1.59. The Balaban J connectivity index is 2.52. The lowest BCUT2D eigenvalue weighted by Crippen LogP contribution is -2.52. The van der Waals surface area contributed by atoms with Gasteiger partial charge in [-0.3, -0.25) is 14.4 Å². The molecule has 0 aliphatic heterocycles. The molecule has 0 bridgehead atoms. The van der Waals surface area contributed by atoms with E-state index in [1.807, 2.05) is 20.8 Å². The van der Waals surface area contributed by atoms with E-state index in [0.29, 0.717) is 19.3 Å². The fraction of sp³-hybridized carbons (Fsp3) is 0.800. The highest BCUT2D eigenvalue weighted by atomic mass is 16.4. The monoisotopic (exact) mass is 298 g/mol. The molecule has 0 saturated heterocycles. The molecular formula is C15H26N2O4. The van der Waals surface area contributed by atoms with Gasteiger partial charge in [0.25, 0.3) is 0 Å². The summed E-state index contributed by atoms with van der Waals surface area (Å²) in [4.78, 5) is 35.1. The van der Waals surface area contributed by atoms with E-state index in [0.717, 1.165) is 6.42 Å². The smallest absolute Gasteiger partial charge is 0.306 e. The van der Waals surface area contributed by atoms with Crippen LogP contribution in [-0.4, -0.2) is 34.5 Å². The fourth-order valence-corrected chi connectivity index (χ4v) is 2.53. The largest absolute Gasteiger partial charge is 0.481 e. The standard InChI is InChI=1S/C15H26N2O4/c1-9(12(18)17-15(2,3)4)16-13(19)10-6-5-7-11(8-10)14(20)21/h9-11H,5-8H2,1-4H3,(H,16,19)(H,17,18)(H,20,21). The van der Waals surface area contributed by atoms with E-state index < -0.39 is 17.9 Å². The number of hydrogen-bond donors (Lipinski definition) is 3. The van der Waals surface area contributed by atoms with E-state index in [4.69, 9.17) is 5.11 Å². The maximum Gasteiger partial charge on any atom is 0.306 e. The highest BCUT2D eigenvalue weighted by Gasteiger charge is 2.32. The average molecular weight is 298 g/mol. The maximum absolute atomic E-state index is 12.2. The second-order valence-electron chi connectivity index (χ2n) is 6.87. The predicted octanol–water partition coefficient (Wildman–Crippen LogP) is 1.30. The minimum absolute atomic E-state index is 0.225. The summed E-state index contributed by atoms with van der Waals surface area (Å²) in [6.45, 7) is 7.25. The van der Waals surface area contributed by atoms with Gasteiger partial charge in [0.2, 0.25) is 11.8 Å². The SMILES string of the molecule is CC(NC(=O)C1CCCC(C(=O)O)C1)C(=O)NC(C)(C)C. The first-order valence-corrected chi connectivity index (χ1v) is 7.45. The summed E-state index contributed by atoms with van der Waals surface area (Å²) in [5, 5.41) is 14.5. The van der Waals surface area contributed by atoms with Gasteiger partial charge < -0.3 is 15.7 Å². The molecule has 3 unspecified atom stereocenters. The molecule has 0 heterocycles. The number of rotatable bonds is 4. The Morgan fingerprint density at radius 3 is 2.24 bits per heavy atom. The van der Waals surface area contributed by atoms with Crippen LogP contribution in [0.25, 0.3) is 0 Å². The van der Waals surface area contributed by atoms with E-state index in [-0.39, 0.29) is 23.3 Å². The first-order valence-electron chi connectivity index (χ1n) is 7.45. The molecule has 1 rings (SSSR count). The van der Waals surface area contributed by atoms with Gasteiger partial charge in [-0.15, -0.1) is 0 Å². The van der Waals surface area contributed by atoms with Crippen LogP contribution < -0.4 is 10.6 Å². The molecule has 6 heteroatoms. The molecule has 0 aromatic rings. The molecular weight excluding hydrogens is 272 g/mol. The number of carbonyl (C=O) groups excluding carboxylic acids is 2. The van der Waals surface area contributed by atoms with Crippen molar-refractivity contribution in [2.45, 2.75) is 65.0 Å². The summed E-state index contributed by atoms with van der Waals surface area (Å²) in [6.07, 6.45) is 2.40. The van der Waals surface area contributed by atoms with E-state index in [1.165, 1.54) is 0 Å². The molecule has 3 atom stereocenters. The molecule has 1 saturated carbocycles. The number of amides is 2. The van der Waals surface area contributed by atoms with E-state index in [9.17, 15) is 14.4 Å². The number of carboxylic acids is 1. The van der Waals surface area contributed by atoms with Crippen molar-refractivity contribution in [1.29, 1.82) is 0 Å². The minimum Gasteiger partial charge on any atom is -0.481 e. The number of aliphatic carboxylic acids is 1. The number of carboxylic acid groups (broad SMARTS) is 1. The van der Waals surface area contributed by atoms with Crippen LogP contribution in [-0.2, 0) is 14.4 Å². The second-order valence-corrected chi connectivity index (χ2v) is 6.87. The van der Waals surface area contributed by atoms with Crippen molar-refractivity contribution < 1.29 is 19.5 Å². The van der Waals surface area contributed by atoms with Crippen LogP contribution in [0.3, 0.4) is 0 Å². The van der Waals surface area contributed by atoms with Crippen LogP contribution in [0.1, 0.15) is 53.4 Å². The molecule has 0 radical (unpaired) electrons. The summed E-state index contributed by atoms with van der Waals surface area (Å²) in [5.41, 5.74) is -0.352. The Morgan fingerprint density at radius 2 is 1.71 bits per heavy atom. The number of hydrogen-bond acceptors (Lipinski definition) is 3. The molecule has 1 fully saturated rings. The molecule has 0 aromatic carbocycles. The van der Waals surface area contributed by atoms with Gasteiger partial charge >= 0.3 is 5.97 Å². The predicted molar refractivity (Wildman–Crippen MR) is 78.6 cm³/mol. The average Bonchev–Trinajstić information content (AvgIpc) is 2.36. The van der Waals surface area contributed by atoms with Crippen molar-refractivity contribution in [3.63, 3.8) is 0 Å². The summed E-state index contributed by atoms with van der Waals surface area (Å²) >= 11 is 0. The molecule has 3 N–H and O–H groups in total. The Morgan fingerprint density at radius 1 is 1.14 bits per heavy atom. The molecule has 120 valence electrons. The third kappa shape index (κ3) is 5.73. The van der Waals surface area contributed by atoms with Gasteiger partial charge in [-0.2, -0.15) is 0 Å². The van der Waals surface area contributed by atoms with Crippen LogP contribution in [0.5, 0.6) is 0 Å². The number of nitrogens with one attached hydrogen (secondary N) is 2. The summed E-state index contributed by atoms with van der Waals surface area (Å²) in [6, 6.07) is -0.623. The van der Waals surface area contributed by atoms with Crippen LogP contribution in [0.15, 0.2) is 0 Å². The summed E-state index contributed by atoms with van der Waals surface area (Å²) < 4.78 is 0. The fourth-order valence-electron chi connectivity index (χ4n) is 2.53. The van der Waals surface area contributed by atoms with Crippen LogP contribution in [0.2, 0.25) is 0 Å². The second kappa shape index (κ2) is 6.91. The van der Waals surface area contributed by atoms with Gasteiger partial charge in [-0.25, -0.2) is 0 Å². The first-order chi connectivity index (χ1) is 9.60. The molecule has 21 heavy (non-hydrogen) atoms. The Labute approximate surface area is 125 Å². The van der Waals surface area contributed by atoms with Crippen molar-refractivity contribution in [3.05, 3.63) is 0 Å². The zero-order chi connectivity index (χ0) is 16.2. The van der Waals surface area contributed by atoms with Crippen molar-refractivity contribution in [3.8, 4) is 0 Å². The van der Waals surface area contributed by atoms with Gasteiger partial charge in [0.1, 0.15) is 6.04 Å². The highest BCUT2D eigenvalue weighted by Crippen LogP contribution is 2.29. The number of carbonyl (C=O) groups is 3. The van der Waals surface area contributed by atoms with Gasteiger partial charge in [0.05, 0.1) is 5.92 Å². The van der Waals surface area contributed by atoms with Crippen LogP contribution in [0.4, 0.5) is 0 Å². The third-order valence-corrected chi connectivity index (χ3v) is 3.64. The topological polar surface area (TPSA) is 95.5 Å². The third-order valence-electron chi connectivity index (χ3n) is 3.64. The maximum atomic E-state index is 12.2. The zero-order valence-corrected chi connectivity index (χ0v) is 13.2. The van der Waals surface area contributed by atoms with Gasteiger partial charge in [0, 0.05) is 11.5 Å². The Kier molecular flexibility index (Phi) is 5.75. The van der Waals surface area contributed by atoms with Gasteiger partial charge in [0.15, 0.2) is 0 Å². The molecule has 0 aromatic heterocycles. The van der Waals surface area contributed by atoms with Crippen molar-refractivity contribution in [2.75, 3.05) is 0 Å². The van der Waals surface area contributed by atoms with Crippen molar-refractivity contribution >= 4 is 17.8 Å². The van der Waals surface area contributed by atoms with Crippen molar-refractivity contribution in [2.24, 2.45) is 11.8 Å². The van der Waals surface area contributed by atoms with E-state index in [1.54, 1.807) is 6.92 Å². The minimum atomic E-state index is -0.842. The molecule has 2 amide bonds. The van der Waals surface area contributed by atoms with Gasteiger partial charge in [-0.05, 0) is 47.0 Å². The van der Waals surface area contributed by atoms with Crippen LogP contribution >= 0.6 is 0 Å². The van der Waals surface area contributed by atoms with Crippen LogP contribution in [0, 0.1) is 11.8 Å². The normalized spacial score (nSPS) is 24.0. The van der Waals surface area contributed by atoms with Gasteiger partial charge in [-0.1, -0.05) is 6.42 Å². The lowest BCUT2D eigenvalue weighted by molar-refractivity contribution is -0.144. The molecule has 0 spiro atoms. The highest BCUT2D eigenvalue weighted by molar-refractivity contribution is 5.88. The Bertz CT molecular complexity index is 414. The molecule has 1 aliphatic carbocycles.